The van der Waals surface area contributed by atoms with Gasteiger partial charge >= 0.3 is 5.97 Å². The van der Waals surface area contributed by atoms with Gasteiger partial charge in [0.2, 0.25) is 0 Å². The first-order chi connectivity index (χ1) is 7.31. The number of carbonyl (C=O) groups is 1. The molecule has 1 N–H and O–H groups in total. The second-order valence-electron chi connectivity index (χ2n) is 2.89. The molecule has 0 saturated heterocycles. The lowest BCUT2D eigenvalue weighted by Gasteiger charge is -2.00. The van der Waals surface area contributed by atoms with Gasteiger partial charge in [0.25, 0.3) is 0 Å². The molecule has 0 aliphatic heterocycles. The molecule has 2 aromatic heterocycles. The summed E-state index contributed by atoms with van der Waals surface area (Å²) >= 11 is 0. The maximum absolute atomic E-state index is 11.2. The number of hydrogen-bond donors (Lipinski definition) is 1. The van der Waals surface area contributed by atoms with E-state index in [1.54, 1.807) is 24.7 Å². The van der Waals surface area contributed by atoms with Gasteiger partial charge in [-0.15, -0.1) is 0 Å². The Labute approximate surface area is 86.1 Å². The number of aromatic amines is 1. The molecule has 2 rings (SSSR count). The molecule has 0 bridgehead atoms. The van der Waals surface area contributed by atoms with Crippen LogP contribution in [0, 0.1) is 0 Å². The molecule has 0 aliphatic rings. The van der Waals surface area contributed by atoms with E-state index in [1.807, 2.05) is 0 Å². The number of nitrogens with zero attached hydrogens (tertiary/aromatic N) is 2. The van der Waals surface area contributed by atoms with E-state index in [9.17, 15) is 4.79 Å². The Morgan fingerprint density at radius 2 is 2.33 bits per heavy atom. The highest BCUT2D eigenvalue weighted by Gasteiger charge is 2.08. The molecule has 15 heavy (non-hydrogen) atoms. The van der Waals surface area contributed by atoms with Crippen LogP contribution < -0.4 is 0 Å². The lowest BCUT2D eigenvalue weighted by molar-refractivity contribution is 0.0600. The van der Waals surface area contributed by atoms with Crippen LogP contribution in [-0.4, -0.2) is 28.0 Å². The highest BCUT2D eigenvalue weighted by atomic mass is 16.5. The van der Waals surface area contributed by atoms with Crippen molar-refractivity contribution in [1.82, 2.24) is 15.0 Å². The highest BCUT2D eigenvalue weighted by Crippen LogP contribution is 2.14. The van der Waals surface area contributed by atoms with Crippen LogP contribution in [0.4, 0.5) is 0 Å². The summed E-state index contributed by atoms with van der Waals surface area (Å²) in [4.78, 5) is 22.2. The maximum atomic E-state index is 11.2. The van der Waals surface area contributed by atoms with Crippen LogP contribution in [-0.2, 0) is 4.74 Å². The molecule has 0 spiro atoms. The number of esters is 1. The average molecular weight is 203 g/mol. The second kappa shape index (κ2) is 3.91. The summed E-state index contributed by atoms with van der Waals surface area (Å²) < 4.78 is 4.60. The van der Waals surface area contributed by atoms with E-state index >= 15 is 0 Å². The minimum absolute atomic E-state index is 0.407. The summed E-state index contributed by atoms with van der Waals surface area (Å²) in [5, 5.41) is 0. The molecular formula is C10H9N3O2. The van der Waals surface area contributed by atoms with Gasteiger partial charge in [-0.05, 0) is 6.07 Å². The molecule has 0 aromatic carbocycles. The van der Waals surface area contributed by atoms with Gasteiger partial charge < -0.3 is 9.72 Å². The van der Waals surface area contributed by atoms with Crippen LogP contribution in [0.3, 0.4) is 0 Å². The number of hydrogen-bond acceptors (Lipinski definition) is 4. The Morgan fingerprint density at radius 1 is 1.47 bits per heavy atom. The molecule has 0 amide bonds. The monoisotopic (exact) mass is 203 g/mol. The van der Waals surface area contributed by atoms with E-state index in [4.69, 9.17) is 0 Å². The molecule has 0 saturated carbocycles. The SMILES string of the molecule is COC(=O)c1cncc(-c2ncc[nH]2)c1. The number of pyridine rings is 1. The maximum Gasteiger partial charge on any atom is 0.339 e. The van der Waals surface area contributed by atoms with Crippen LogP contribution in [0.5, 0.6) is 0 Å². The van der Waals surface area contributed by atoms with E-state index in [1.165, 1.54) is 13.3 Å². The summed E-state index contributed by atoms with van der Waals surface area (Å²) in [6.45, 7) is 0. The molecule has 0 aliphatic carbocycles. The Hall–Kier alpha value is -2.17. The predicted molar refractivity (Wildman–Crippen MR) is 53.2 cm³/mol. The van der Waals surface area contributed by atoms with E-state index in [0.29, 0.717) is 11.4 Å². The molecule has 76 valence electrons. The minimum Gasteiger partial charge on any atom is -0.465 e. The Balaban J connectivity index is 2.39. The fourth-order valence-corrected chi connectivity index (χ4v) is 1.22. The lowest BCUT2D eigenvalue weighted by Crippen LogP contribution is -2.01. The zero-order valence-corrected chi connectivity index (χ0v) is 8.10. The molecule has 0 unspecified atom stereocenters. The van der Waals surface area contributed by atoms with Crippen LogP contribution in [0.2, 0.25) is 0 Å². The van der Waals surface area contributed by atoms with Crippen molar-refractivity contribution in [2.75, 3.05) is 7.11 Å². The Kier molecular flexibility index (Phi) is 2.45. The van der Waals surface area contributed by atoms with Crippen LogP contribution >= 0.6 is 0 Å². The van der Waals surface area contributed by atoms with Gasteiger partial charge in [0.05, 0.1) is 12.7 Å². The largest absolute Gasteiger partial charge is 0.465 e. The first-order valence-corrected chi connectivity index (χ1v) is 4.34. The first kappa shape index (κ1) is 9.39. The summed E-state index contributed by atoms with van der Waals surface area (Å²) in [5.41, 5.74) is 1.16. The summed E-state index contributed by atoms with van der Waals surface area (Å²) in [5.74, 6) is 0.268. The summed E-state index contributed by atoms with van der Waals surface area (Å²) in [6, 6.07) is 1.68. The van der Waals surface area contributed by atoms with Crippen molar-refractivity contribution >= 4 is 5.97 Å². The molecule has 5 nitrogen and oxygen atoms in total. The molecular weight excluding hydrogens is 194 g/mol. The van der Waals surface area contributed by atoms with Crippen molar-refractivity contribution in [3.8, 4) is 11.4 Å². The van der Waals surface area contributed by atoms with E-state index < -0.39 is 5.97 Å². The topological polar surface area (TPSA) is 67.9 Å². The molecule has 2 aromatic rings. The van der Waals surface area contributed by atoms with Gasteiger partial charge in [-0.1, -0.05) is 0 Å². The molecule has 0 radical (unpaired) electrons. The fourth-order valence-electron chi connectivity index (χ4n) is 1.22. The van der Waals surface area contributed by atoms with Gasteiger partial charge in [-0.2, -0.15) is 0 Å². The average Bonchev–Trinajstić information content (AvgIpc) is 2.82. The zero-order valence-electron chi connectivity index (χ0n) is 8.10. The second-order valence-corrected chi connectivity index (χ2v) is 2.89. The number of methoxy groups -OCH3 is 1. The third-order valence-electron chi connectivity index (χ3n) is 1.93. The van der Waals surface area contributed by atoms with Gasteiger partial charge in [-0.3, -0.25) is 4.98 Å². The third-order valence-corrected chi connectivity index (χ3v) is 1.93. The predicted octanol–water partition coefficient (Wildman–Crippen LogP) is 1.26. The van der Waals surface area contributed by atoms with Crippen molar-refractivity contribution in [1.29, 1.82) is 0 Å². The Bertz CT molecular complexity index is 465. The van der Waals surface area contributed by atoms with Gasteiger partial charge in [0, 0.05) is 30.4 Å². The van der Waals surface area contributed by atoms with Crippen LogP contribution in [0.25, 0.3) is 11.4 Å². The van der Waals surface area contributed by atoms with Crippen molar-refractivity contribution in [3.63, 3.8) is 0 Å². The molecule has 0 fully saturated rings. The number of imidazole rings is 1. The third kappa shape index (κ3) is 1.85. The van der Waals surface area contributed by atoms with E-state index in [-0.39, 0.29) is 0 Å². The van der Waals surface area contributed by atoms with Crippen molar-refractivity contribution in [3.05, 3.63) is 36.4 Å². The molecule has 2 heterocycles. The van der Waals surface area contributed by atoms with Gasteiger partial charge in [0.15, 0.2) is 0 Å². The number of H-pyrrole nitrogens is 1. The van der Waals surface area contributed by atoms with Crippen molar-refractivity contribution in [2.24, 2.45) is 0 Å². The van der Waals surface area contributed by atoms with E-state index in [2.05, 4.69) is 19.7 Å². The van der Waals surface area contributed by atoms with E-state index in [0.717, 1.165) is 5.56 Å². The molecule has 0 atom stereocenters. The minimum atomic E-state index is -0.407. The number of carbonyl (C=O) groups excluding carboxylic acids is 1. The lowest BCUT2D eigenvalue weighted by atomic mass is 10.2. The number of rotatable bonds is 2. The van der Waals surface area contributed by atoms with Gasteiger partial charge in [0.1, 0.15) is 5.82 Å². The zero-order chi connectivity index (χ0) is 10.7. The molecule has 5 heteroatoms. The van der Waals surface area contributed by atoms with Crippen LogP contribution in [0.15, 0.2) is 30.9 Å². The smallest absolute Gasteiger partial charge is 0.339 e. The summed E-state index contributed by atoms with van der Waals surface area (Å²) in [6.07, 6.45) is 6.43. The van der Waals surface area contributed by atoms with Crippen molar-refractivity contribution < 1.29 is 9.53 Å². The fraction of sp³-hybridized carbons (Fsp3) is 0.100. The standard InChI is InChI=1S/C10H9N3O2/c1-15-10(14)8-4-7(5-11-6-8)9-12-2-3-13-9/h2-6H,1H3,(H,12,13). The Morgan fingerprint density at radius 3 is 3.00 bits per heavy atom. The highest BCUT2D eigenvalue weighted by molar-refractivity contribution is 5.90. The van der Waals surface area contributed by atoms with Gasteiger partial charge in [-0.25, -0.2) is 9.78 Å². The number of nitrogens with one attached hydrogen (secondary N) is 1. The number of ether oxygens (including phenoxy) is 1. The normalized spacial score (nSPS) is 9.93. The summed E-state index contributed by atoms with van der Waals surface area (Å²) in [7, 11) is 1.34. The quantitative estimate of drug-likeness (QED) is 0.746. The van der Waals surface area contributed by atoms with Crippen molar-refractivity contribution in [2.45, 2.75) is 0 Å². The van der Waals surface area contributed by atoms with Crippen LogP contribution in [0.1, 0.15) is 10.4 Å². The first-order valence-electron chi connectivity index (χ1n) is 4.34. The number of aromatic nitrogens is 3.